The highest BCUT2D eigenvalue weighted by atomic mass is 16.5. The maximum Gasteiger partial charge on any atom is 0.315 e. The molecule has 4 heteroatoms. The van der Waals surface area contributed by atoms with Gasteiger partial charge in [0.1, 0.15) is 5.82 Å². The molecule has 0 atom stereocenters. The summed E-state index contributed by atoms with van der Waals surface area (Å²) in [6.45, 7) is 3.68. The van der Waals surface area contributed by atoms with Crippen LogP contribution in [-0.2, 0) is 14.9 Å². The highest BCUT2D eigenvalue weighted by molar-refractivity contribution is 5.82. The molecule has 2 rings (SSSR count). The average molecular weight is 270 g/mol. The first-order chi connectivity index (χ1) is 9.45. The summed E-state index contributed by atoms with van der Waals surface area (Å²) in [6, 6.07) is 13.2. The Morgan fingerprint density at radius 1 is 1.15 bits per heavy atom. The van der Waals surface area contributed by atoms with Crippen LogP contribution in [-0.4, -0.2) is 18.1 Å². The maximum absolute atomic E-state index is 11.8. The first-order valence-electron chi connectivity index (χ1n) is 6.37. The first kappa shape index (κ1) is 14.1. The SMILES string of the molecule is COC(=O)C(C)(C)c1ccc(-c2cccc(N)n2)cc1. The summed E-state index contributed by atoms with van der Waals surface area (Å²) in [5.74, 6) is 0.230. The van der Waals surface area contributed by atoms with Crippen molar-refractivity contribution < 1.29 is 9.53 Å². The zero-order valence-corrected chi connectivity index (χ0v) is 11.9. The number of ether oxygens (including phenoxy) is 1. The van der Waals surface area contributed by atoms with Gasteiger partial charge in [-0.2, -0.15) is 0 Å². The van der Waals surface area contributed by atoms with Gasteiger partial charge in [-0.05, 0) is 31.5 Å². The van der Waals surface area contributed by atoms with Crippen molar-refractivity contribution in [2.45, 2.75) is 19.3 Å². The topological polar surface area (TPSA) is 65.2 Å². The summed E-state index contributed by atoms with van der Waals surface area (Å²) in [5.41, 5.74) is 7.68. The largest absolute Gasteiger partial charge is 0.468 e. The van der Waals surface area contributed by atoms with E-state index in [4.69, 9.17) is 10.5 Å². The van der Waals surface area contributed by atoms with Gasteiger partial charge in [0.25, 0.3) is 0 Å². The number of nitrogens with zero attached hydrogens (tertiary/aromatic N) is 1. The Hall–Kier alpha value is -2.36. The number of aromatic nitrogens is 1. The lowest BCUT2D eigenvalue weighted by Gasteiger charge is -2.22. The van der Waals surface area contributed by atoms with Crippen LogP contribution in [0.1, 0.15) is 19.4 Å². The maximum atomic E-state index is 11.8. The van der Waals surface area contributed by atoms with Gasteiger partial charge in [0.2, 0.25) is 0 Å². The number of hydrogen-bond acceptors (Lipinski definition) is 4. The van der Waals surface area contributed by atoms with Crippen LogP contribution in [0.25, 0.3) is 11.3 Å². The van der Waals surface area contributed by atoms with Crippen molar-refractivity contribution in [2.24, 2.45) is 0 Å². The normalized spacial score (nSPS) is 11.2. The molecule has 1 aromatic carbocycles. The number of carbonyl (C=O) groups excluding carboxylic acids is 1. The van der Waals surface area contributed by atoms with Gasteiger partial charge in [-0.25, -0.2) is 4.98 Å². The van der Waals surface area contributed by atoms with E-state index in [-0.39, 0.29) is 5.97 Å². The molecule has 0 aliphatic carbocycles. The number of carbonyl (C=O) groups is 1. The van der Waals surface area contributed by atoms with Crippen LogP contribution in [0.4, 0.5) is 5.82 Å². The van der Waals surface area contributed by atoms with Crippen molar-refractivity contribution in [3.05, 3.63) is 48.0 Å². The van der Waals surface area contributed by atoms with E-state index in [1.165, 1.54) is 7.11 Å². The predicted octanol–water partition coefficient (Wildman–Crippen LogP) is 2.78. The zero-order valence-electron chi connectivity index (χ0n) is 11.9. The van der Waals surface area contributed by atoms with Crippen molar-refractivity contribution >= 4 is 11.8 Å². The molecule has 0 radical (unpaired) electrons. The minimum Gasteiger partial charge on any atom is -0.468 e. The molecule has 0 aliphatic heterocycles. The van der Waals surface area contributed by atoms with E-state index in [1.807, 2.05) is 50.2 Å². The van der Waals surface area contributed by atoms with Gasteiger partial charge in [0.05, 0.1) is 18.2 Å². The molecule has 20 heavy (non-hydrogen) atoms. The Balaban J connectivity index is 2.33. The lowest BCUT2D eigenvalue weighted by atomic mass is 9.84. The Kier molecular flexibility index (Phi) is 3.74. The van der Waals surface area contributed by atoms with Gasteiger partial charge in [-0.1, -0.05) is 30.3 Å². The molecule has 1 heterocycles. The fraction of sp³-hybridized carbons (Fsp3) is 0.250. The summed E-state index contributed by atoms with van der Waals surface area (Å²) in [4.78, 5) is 16.1. The summed E-state index contributed by atoms with van der Waals surface area (Å²) in [6.07, 6.45) is 0. The van der Waals surface area contributed by atoms with Crippen LogP contribution in [0.5, 0.6) is 0 Å². The van der Waals surface area contributed by atoms with E-state index in [0.29, 0.717) is 5.82 Å². The van der Waals surface area contributed by atoms with Gasteiger partial charge in [-0.3, -0.25) is 4.79 Å². The standard InChI is InChI=1S/C16H18N2O2/c1-16(2,15(19)20-3)12-9-7-11(8-10-12)13-5-4-6-14(17)18-13/h4-10H,1-3H3,(H2,17,18). The van der Waals surface area contributed by atoms with Gasteiger partial charge < -0.3 is 10.5 Å². The predicted molar refractivity (Wildman–Crippen MR) is 79.1 cm³/mol. The van der Waals surface area contributed by atoms with Gasteiger partial charge in [-0.15, -0.1) is 0 Å². The third-order valence-electron chi connectivity index (χ3n) is 3.37. The van der Waals surface area contributed by atoms with Crippen molar-refractivity contribution in [3.63, 3.8) is 0 Å². The molecule has 0 saturated carbocycles. The molecule has 4 nitrogen and oxygen atoms in total. The molecule has 0 fully saturated rings. The van der Waals surface area contributed by atoms with E-state index in [9.17, 15) is 4.79 Å². The second-order valence-corrected chi connectivity index (χ2v) is 5.14. The van der Waals surface area contributed by atoms with Crippen LogP contribution in [0.2, 0.25) is 0 Å². The molecular formula is C16H18N2O2. The van der Waals surface area contributed by atoms with E-state index in [0.717, 1.165) is 16.8 Å². The number of anilines is 1. The van der Waals surface area contributed by atoms with E-state index < -0.39 is 5.41 Å². The second kappa shape index (κ2) is 5.33. The highest BCUT2D eigenvalue weighted by Gasteiger charge is 2.30. The zero-order chi connectivity index (χ0) is 14.8. The number of rotatable bonds is 3. The van der Waals surface area contributed by atoms with Crippen molar-refractivity contribution in [1.29, 1.82) is 0 Å². The monoisotopic (exact) mass is 270 g/mol. The quantitative estimate of drug-likeness (QED) is 0.871. The molecule has 0 bridgehead atoms. The fourth-order valence-electron chi connectivity index (χ4n) is 2.04. The van der Waals surface area contributed by atoms with Gasteiger partial charge in [0, 0.05) is 5.56 Å². The Labute approximate surface area is 118 Å². The van der Waals surface area contributed by atoms with Crippen LogP contribution in [0.15, 0.2) is 42.5 Å². The minimum atomic E-state index is -0.670. The smallest absolute Gasteiger partial charge is 0.315 e. The third kappa shape index (κ3) is 2.64. The van der Waals surface area contributed by atoms with Gasteiger partial charge in [0.15, 0.2) is 0 Å². The lowest BCUT2D eigenvalue weighted by molar-refractivity contribution is -0.146. The Morgan fingerprint density at radius 3 is 2.35 bits per heavy atom. The second-order valence-electron chi connectivity index (χ2n) is 5.14. The van der Waals surface area contributed by atoms with E-state index in [1.54, 1.807) is 6.07 Å². The number of nitrogens with two attached hydrogens (primary N) is 1. The van der Waals surface area contributed by atoms with Crippen LogP contribution in [0, 0.1) is 0 Å². The van der Waals surface area contributed by atoms with E-state index in [2.05, 4.69) is 4.98 Å². The molecule has 2 aromatic rings. The molecule has 2 N–H and O–H groups in total. The molecule has 0 unspecified atom stereocenters. The van der Waals surface area contributed by atoms with Crippen LogP contribution < -0.4 is 5.73 Å². The van der Waals surface area contributed by atoms with Crippen LogP contribution >= 0.6 is 0 Å². The van der Waals surface area contributed by atoms with Crippen molar-refractivity contribution in [3.8, 4) is 11.3 Å². The average Bonchev–Trinajstić information content (AvgIpc) is 2.46. The highest BCUT2D eigenvalue weighted by Crippen LogP contribution is 2.27. The number of methoxy groups -OCH3 is 1. The van der Waals surface area contributed by atoms with Crippen molar-refractivity contribution in [1.82, 2.24) is 4.98 Å². The third-order valence-corrected chi connectivity index (χ3v) is 3.37. The number of benzene rings is 1. The molecule has 104 valence electrons. The molecule has 1 aromatic heterocycles. The van der Waals surface area contributed by atoms with Crippen molar-refractivity contribution in [2.75, 3.05) is 12.8 Å². The summed E-state index contributed by atoms with van der Waals surface area (Å²) < 4.78 is 4.83. The molecule has 0 spiro atoms. The Morgan fingerprint density at radius 2 is 1.80 bits per heavy atom. The number of esters is 1. The van der Waals surface area contributed by atoms with Crippen LogP contribution in [0.3, 0.4) is 0 Å². The number of hydrogen-bond donors (Lipinski definition) is 1. The first-order valence-corrected chi connectivity index (χ1v) is 6.37. The Bertz CT molecular complexity index is 619. The fourth-order valence-corrected chi connectivity index (χ4v) is 2.04. The number of pyridine rings is 1. The minimum absolute atomic E-state index is 0.257. The molecular weight excluding hydrogens is 252 g/mol. The van der Waals surface area contributed by atoms with Gasteiger partial charge >= 0.3 is 5.97 Å². The lowest BCUT2D eigenvalue weighted by Crippen LogP contribution is -2.30. The summed E-state index contributed by atoms with van der Waals surface area (Å²) >= 11 is 0. The molecule has 0 amide bonds. The number of nitrogen functional groups attached to an aromatic ring is 1. The summed E-state index contributed by atoms with van der Waals surface area (Å²) in [5, 5.41) is 0. The summed E-state index contributed by atoms with van der Waals surface area (Å²) in [7, 11) is 1.40. The molecule has 0 saturated heterocycles. The van der Waals surface area contributed by atoms with E-state index >= 15 is 0 Å². The molecule has 0 aliphatic rings.